The van der Waals surface area contributed by atoms with Crippen molar-refractivity contribution in [2.75, 3.05) is 5.32 Å². The van der Waals surface area contributed by atoms with Crippen molar-refractivity contribution in [3.05, 3.63) is 43.4 Å². The van der Waals surface area contributed by atoms with Crippen LogP contribution in [0.15, 0.2) is 32.3 Å². The molecule has 0 amide bonds. The van der Waals surface area contributed by atoms with E-state index < -0.39 is 0 Å². The van der Waals surface area contributed by atoms with E-state index in [1.807, 2.05) is 11.4 Å². The van der Waals surface area contributed by atoms with Crippen molar-refractivity contribution >= 4 is 33.0 Å². The molecule has 0 radical (unpaired) electrons. The van der Waals surface area contributed by atoms with Gasteiger partial charge in [0.15, 0.2) is 0 Å². The molecule has 78 valence electrons. The van der Waals surface area contributed by atoms with Crippen molar-refractivity contribution in [3.63, 3.8) is 0 Å². The van der Waals surface area contributed by atoms with Crippen molar-refractivity contribution in [1.29, 1.82) is 0 Å². The van der Waals surface area contributed by atoms with Gasteiger partial charge in [0.25, 0.3) is 5.56 Å². The molecule has 0 spiro atoms. The number of anilines is 1. The number of hydrogen-bond donors (Lipinski definition) is 2. The van der Waals surface area contributed by atoms with Gasteiger partial charge in [0.05, 0.1) is 11.9 Å². The Labute approximate surface area is 98.5 Å². The van der Waals surface area contributed by atoms with Crippen LogP contribution >= 0.6 is 27.3 Å². The van der Waals surface area contributed by atoms with Gasteiger partial charge in [0, 0.05) is 6.54 Å². The van der Waals surface area contributed by atoms with Crippen molar-refractivity contribution < 1.29 is 0 Å². The molecule has 2 aromatic rings. The van der Waals surface area contributed by atoms with Gasteiger partial charge >= 0.3 is 0 Å². The van der Waals surface area contributed by atoms with Gasteiger partial charge < -0.3 is 5.32 Å². The molecule has 15 heavy (non-hydrogen) atoms. The van der Waals surface area contributed by atoms with Crippen LogP contribution in [-0.4, -0.2) is 10.2 Å². The van der Waals surface area contributed by atoms with E-state index >= 15 is 0 Å². The number of aromatic nitrogens is 2. The van der Waals surface area contributed by atoms with E-state index in [1.165, 1.54) is 5.56 Å². The summed E-state index contributed by atoms with van der Waals surface area (Å²) in [4.78, 5) is 11.2. The summed E-state index contributed by atoms with van der Waals surface area (Å²) in [5.41, 5.74) is 1.66. The lowest BCUT2D eigenvalue weighted by Gasteiger charge is -2.05. The van der Waals surface area contributed by atoms with Crippen LogP contribution in [0.4, 0.5) is 5.69 Å². The molecule has 0 saturated carbocycles. The van der Waals surface area contributed by atoms with Crippen LogP contribution in [0.3, 0.4) is 0 Å². The van der Waals surface area contributed by atoms with E-state index in [0.29, 0.717) is 16.7 Å². The highest BCUT2D eigenvalue weighted by atomic mass is 79.9. The average Bonchev–Trinajstić information content (AvgIpc) is 2.73. The Bertz CT molecular complexity index is 494. The predicted octanol–water partition coefficient (Wildman–Crippen LogP) is 2.21. The topological polar surface area (TPSA) is 57.8 Å². The van der Waals surface area contributed by atoms with Crippen LogP contribution < -0.4 is 10.9 Å². The molecule has 0 aliphatic rings. The Kier molecular flexibility index (Phi) is 3.17. The number of H-pyrrole nitrogens is 1. The van der Waals surface area contributed by atoms with Crippen LogP contribution in [-0.2, 0) is 6.54 Å². The highest BCUT2D eigenvalue weighted by Gasteiger charge is 2.03. The average molecular weight is 286 g/mol. The van der Waals surface area contributed by atoms with E-state index in [1.54, 1.807) is 17.5 Å². The molecule has 0 aliphatic carbocycles. The SMILES string of the molecule is O=c1[nH]ncc(NCc2ccsc2)c1Br. The maximum absolute atomic E-state index is 11.2. The first-order valence-corrected chi connectivity index (χ1v) is 5.99. The number of thiophene rings is 1. The molecule has 4 nitrogen and oxygen atoms in total. The lowest BCUT2D eigenvalue weighted by molar-refractivity contribution is 0.971. The maximum Gasteiger partial charge on any atom is 0.280 e. The Morgan fingerprint density at radius 1 is 1.60 bits per heavy atom. The van der Waals surface area contributed by atoms with Crippen LogP contribution in [0.2, 0.25) is 0 Å². The highest BCUT2D eigenvalue weighted by Crippen LogP contribution is 2.16. The second kappa shape index (κ2) is 4.59. The van der Waals surface area contributed by atoms with E-state index in [4.69, 9.17) is 0 Å². The second-order valence-corrected chi connectivity index (χ2v) is 4.48. The fourth-order valence-corrected chi connectivity index (χ4v) is 2.10. The lowest BCUT2D eigenvalue weighted by Crippen LogP contribution is -2.11. The normalized spacial score (nSPS) is 10.2. The van der Waals surface area contributed by atoms with Crippen LogP contribution in [0.5, 0.6) is 0 Å². The Balaban J connectivity index is 2.12. The first-order chi connectivity index (χ1) is 7.27. The zero-order valence-corrected chi connectivity index (χ0v) is 10.1. The van der Waals surface area contributed by atoms with Gasteiger partial charge in [-0.05, 0) is 38.3 Å². The van der Waals surface area contributed by atoms with E-state index in [9.17, 15) is 4.79 Å². The standard InChI is InChI=1S/C9H8BrN3OS/c10-8-7(4-12-13-9(8)14)11-3-6-1-2-15-5-6/h1-2,4-5H,3H2,(H2,11,13,14). The molecule has 0 aromatic carbocycles. The van der Waals surface area contributed by atoms with Gasteiger partial charge in [-0.15, -0.1) is 0 Å². The monoisotopic (exact) mass is 285 g/mol. The number of nitrogens with one attached hydrogen (secondary N) is 2. The molecule has 0 unspecified atom stereocenters. The number of rotatable bonds is 3. The largest absolute Gasteiger partial charge is 0.379 e. The summed E-state index contributed by atoms with van der Waals surface area (Å²) in [5.74, 6) is 0. The number of hydrogen-bond acceptors (Lipinski definition) is 4. The van der Waals surface area contributed by atoms with Crippen molar-refractivity contribution in [3.8, 4) is 0 Å². The molecular weight excluding hydrogens is 278 g/mol. The van der Waals surface area contributed by atoms with Gasteiger partial charge in [0.1, 0.15) is 4.47 Å². The van der Waals surface area contributed by atoms with E-state index in [0.717, 1.165) is 0 Å². The first kappa shape index (κ1) is 10.4. The molecule has 0 saturated heterocycles. The summed E-state index contributed by atoms with van der Waals surface area (Å²) >= 11 is 4.85. The van der Waals surface area contributed by atoms with Crippen LogP contribution in [0.25, 0.3) is 0 Å². The van der Waals surface area contributed by atoms with Crippen molar-refractivity contribution in [2.24, 2.45) is 0 Å². The van der Waals surface area contributed by atoms with Gasteiger partial charge in [-0.1, -0.05) is 0 Å². The van der Waals surface area contributed by atoms with Gasteiger partial charge in [-0.2, -0.15) is 16.4 Å². The Hall–Kier alpha value is -1.14. The molecule has 0 aliphatic heterocycles. The van der Waals surface area contributed by atoms with Gasteiger partial charge in [-0.25, -0.2) is 5.10 Å². The molecule has 0 bridgehead atoms. The quantitative estimate of drug-likeness (QED) is 0.909. The number of nitrogens with zero attached hydrogens (tertiary/aromatic N) is 1. The second-order valence-electron chi connectivity index (χ2n) is 2.91. The number of aromatic amines is 1. The molecule has 2 heterocycles. The first-order valence-electron chi connectivity index (χ1n) is 4.25. The lowest BCUT2D eigenvalue weighted by atomic mass is 10.3. The minimum absolute atomic E-state index is 0.231. The summed E-state index contributed by atoms with van der Waals surface area (Å²) < 4.78 is 0.479. The molecule has 0 atom stereocenters. The summed E-state index contributed by atoms with van der Waals surface area (Å²) in [6.07, 6.45) is 1.58. The zero-order valence-electron chi connectivity index (χ0n) is 7.66. The Morgan fingerprint density at radius 2 is 2.47 bits per heavy atom. The van der Waals surface area contributed by atoms with Crippen molar-refractivity contribution in [1.82, 2.24) is 10.2 Å². The maximum atomic E-state index is 11.2. The molecular formula is C9H8BrN3OS. The van der Waals surface area contributed by atoms with Crippen molar-refractivity contribution in [2.45, 2.75) is 6.54 Å². The highest BCUT2D eigenvalue weighted by molar-refractivity contribution is 9.10. The molecule has 0 fully saturated rings. The fraction of sp³-hybridized carbons (Fsp3) is 0.111. The molecule has 2 aromatic heterocycles. The van der Waals surface area contributed by atoms with Gasteiger partial charge in [0.2, 0.25) is 0 Å². The fourth-order valence-electron chi connectivity index (χ4n) is 1.10. The minimum Gasteiger partial charge on any atom is -0.379 e. The third-order valence-corrected chi connectivity index (χ3v) is 3.38. The third-order valence-electron chi connectivity index (χ3n) is 1.86. The smallest absolute Gasteiger partial charge is 0.280 e. The third kappa shape index (κ3) is 2.45. The van der Waals surface area contributed by atoms with E-state index in [-0.39, 0.29) is 5.56 Å². The summed E-state index contributed by atoms with van der Waals surface area (Å²) in [6.45, 7) is 0.688. The zero-order chi connectivity index (χ0) is 10.7. The summed E-state index contributed by atoms with van der Waals surface area (Å²) in [5, 5.41) is 13.3. The summed E-state index contributed by atoms with van der Waals surface area (Å²) in [7, 11) is 0. The number of halogens is 1. The van der Waals surface area contributed by atoms with Crippen LogP contribution in [0.1, 0.15) is 5.56 Å². The minimum atomic E-state index is -0.231. The van der Waals surface area contributed by atoms with E-state index in [2.05, 4.69) is 36.8 Å². The van der Waals surface area contributed by atoms with Gasteiger partial charge in [-0.3, -0.25) is 4.79 Å². The molecule has 2 N–H and O–H groups in total. The van der Waals surface area contributed by atoms with Crippen LogP contribution in [0, 0.1) is 0 Å². The molecule has 2 rings (SSSR count). The molecule has 6 heteroatoms. The summed E-state index contributed by atoms with van der Waals surface area (Å²) in [6, 6.07) is 2.03. The predicted molar refractivity (Wildman–Crippen MR) is 64.2 cm³/mol. The Morgan fingerprint density at radius 3 is 3.20 bits per heavy atom.